The van der Waals surface area contributed by atoms with Crippen LogP contribution in [-0.4, -0.2) is 0 Å². The van der Waals surface area contributed by atoms with Crippen molar-refractivity contribution in [2.75, 3.05) is 0 Å². The van der Waals surface area contributed by atoms with Crippen LogP contribution in [0.5, 0.6) is 0 Å². The molecule has 0 unspecified atom stereocenters. The van der Waals surface area contributed by atoms with Gasteiger partial charge in [0.2, 0.25) is 0 Å². The maximum absolute atomic E-state index is 2.16. The van der Waals surface area contributed by atoms with Crippen molar-refractivity contribution in [3.05, 3.63) is 48.0 Å². The number of hydrogen-bond donors (Lipinski definition) is 0. The first-order chi connectivity index (χ1) is 5.38. The zero-order valence-electron chi connectivity index (χ0n) is 7.25. The fourth-order valence-corrected chi connectivity index (χ4v) is 1.39. The Labute approximate surface area is 85.4 Å². The average molecular weight is 208 g/mol. The molecule has 0 fully saturated rings. The summed E-state index contributed by atoms with van der Waals surface area (Å²) >= 11 is 0. The minimum atomic E-state index is 0. The summed E-state index contributed by atoms with van der Waals surface area (Å²) < 4.78 is 0. The van der Waals surface area contributed by atoms with Crippen LogP contribution in [0.4, 0.5) is 0 Å². The summed E-state index contributed by atoms with van der Waals surface area (Å²) in [6.45, 7) is 2.14. The van der Waals surface area contributed by atoms with Crippen LogP contribution in [-0.2, 0) is 19.5 Å². The molecular formula is C11H10Zn. The van der Waals surface area contributed by atoms with Crippen molar-refractivity contribution in [1.29, 1.82) is 0 Å². The van der Waals surface area contributed by atoms with Crippen molar-refractivity contribution < 1.29 is 19.5 Å². The second-order valence-electron chi connectivity index (χ2n) is 2.80. The third-order valence-electron chi connectivity index (χ3n) is 2.01. The van der Waals surface area contributed by atoms with Gasteiger partial charge in [-0.05, 0) is 23.3 Å². The summed E-state index contributed by atoms with van der Waals surface area (Å²) in [5.74, 6) is 0. The van der Waals surface area contributed by atoms with Gasteiger partial charge in [0.15, 0.2) is 0 Å². The van der Waals surface area contributed by atoms with Crippen LogP contribution in [0, 0.1) is 6.92 Å². The first-order valence-corrected chi connectivity index (χ1v) is 3.82. The topological polar surface area (TPSA) is 0 Å². The van der Waals surface area contributed by atoms with Gasteiger partial charge in [-0.25, -0.2) is 0 Å². The average Bonchev–Trinajstić information content (AvgIpc) is 2.06. The summed E-state index contributed by atoms with van der Waals surface area (Å²) in [4.78, 5) is 0. The van der Waals surface area contributed by atoms with Crippen molar-refractivity contribution in [2.24, 2.45) is 0 Å². The molecule has 1 heteroatoms. The quantitative estimate of drug-likeness (QED) is 0.582. The Morgan fingerprint density at radius 2 is 1.50 bits per heavy atom. The molecule has 0 aromatic heterocycles. The number of hydrogen-bond acceptors (Lipinski definition) is 0. The Hall–Kier alpha value is -0.677. The van der Waals surface area contributed by atoms with Gasteiger partial charge in [-0.1, -0.05) is 42.5 Å². The van der Waals surface area contributed by atoms with Gasteiger partial charge < -0.3 is 0 Å². The van der Waals surface area contributed by atoms with Crippen LogP contribution in [0.2, 0.25) is 0 Å². The zero-order valence-corrected chi connectivity index (χ0v) is 10.2. The third-order valence-corrected chi connectivity index (χ3v) is 2.01. The Balaban J connectivity index is 0.000000720. The molecule has 0 N–H and O–H groups in total. The normalized spacial score (nSPS) is 9.42. The van der Waals surface area contributed by atoms with Gasteiger partial charge in [-0.15, -0.1) is 0 Å². The maximum atomic E-state index is 2.16. The van der Waals surface area contributed by atoms with E-state index < -0.39 is 0 Å². The monoisotopic (exact) mass is 206 g/mol. The minimum absolute atomic E-state index is 0. The van der Waals surface area contributed by atoms with E-state index in [1.807, 2.05) is 0 Å². The molecule has 56 valence electrons. The molecule has 2 rings (SSSR count). The molecule has 0 bridgehead atoms. The van der Waals surface area contributed by atoms with Crippen molar-refractivity contribution in [1.82, 2.24) is 0 Å². The second-order valence-corrected chi connectivity index (χ2v) is 2.80. The molecule has 0 aliphatic heterocycles. The Morgan fingerprint density at radius 3 is 2.25 bits per heavy atom. The molecule has 0 atom stereocenters. The molecule has 12 heavy (non-hydrogen) atoms. The third kappa shape index (κ3) is 1.56. The summed E-state index contributed by atoms with van der Waals surface area (Å²) in [6, 6.07) is 14.8. The van der Waals surface area contributed by atoms with Crippen LogP contribution in [0.25, 0.3) is 10.8 Å². The number of fused-ring (bicyclic) bond motifs is 1. The molecule has 0 heterocycles. The first kappa shape index (κ1) is 9.41. The largest absolute Gasteiger partial charge is 0.0616 e. The van der Waals surface area contributed by atoms with Gasteiger partial charge >= 0.3 is 0 Å². The van der Waals surface area contributed by atoms with E-state index in [1.54, 1.807) is 0 Å². The number of rotatable bonds is 0. The fraction of sp³-hybridized carbons (Fsp3) is 0.0909. The smallest absolute Gasteiger partial charge is 0 e. The van der Waals surface area contributed by atoms with E-state index in [1.165, 1.54) is 16.3 Å². The Kier molecular flexibility index (Phi) is 3.00. The van der Waals surface area contributed by atoms with Gasteiger partial charge in [0.1, 0.15) is 0 Å². The maximum Gasteiger partial charge on any atom is 0 e. The standard InChI is InChI=1S/C11H10.Zn/c1-9-5-4-7-10-6-2-3-8-11(9)10;/h2-8H,1H3;. The van der Waals surface area contributed by atoms with Gasteiger partial charge in [-0.3, -0.25) is 0 Å². The van der Waals surface area contributed by atoms with E-state index in [0.29, 0.717) is 0 Å². The molecule has 0 saturated heterocycles. The molecular weight excluding hydrogens is 198 g/mol. The predicted molar refractivity (Wildman–Crippen MR) is 48.7 cm³/mol. The van der Waals surface area contributed by atoms with E-state index >= 15 is 0 Å². The van der Waals surface area contributed by atoms with Crippen molar-refractivity contribution in [3.8, 4) is 0 Å². The molecule has 0 nitrogen and oxygen atoms in total. The summed E-state index contributed by atoms with van der Waals surface area (Å²) in [5.41, 5.74) is 1.35. The van der Waals surface area contributed by atoms with Crippen molar-refractivity contribution in [2.45, 2.75) is 6.92 Å². The predicted octanol–water partition coefficient (Wildman–Crippen LogP) is 3.15. The van der Waals surface area contributed by atoms with Gasteiger partial charge in [0.05, 0.1) is 0 Å². The molecule has 0 radical (unpaired) electrons. The van der Waals surface area contributed by atoms with Crippen LogP contribution in [0.1, 0.15) is 5.56 Å². The van der Waals surface area contributed by atoms with E-state index in [2.05, 4.69) is 49.4 Å². The Morgan fingerprint density at radius 1 is 0.833 bits per heavy atom. The van der Waals surface area contributed by atoms with Crippen molar-refractivity contribution >= 4 is 10.8 Å². The van der Waals surface area contributed by atoms with Crippen LogP contribution in [0.15, 0.2) is 42.5 Å². The molecule has 0 saturated carbocycles. The van der Waals surface area contributed by atoms with Crippen LogP contribution in [0.3, 0.4) is 0 Å². The zero-order chi connectivity index (χ0) is 7.68. The van der Waals surface area contributed by atoms with Crippen LogP contribution >= 0.6 is 0 Å². The first-order valence-electron chi connectivity index (χ1n) is 3.82. The van der Waals surface area contributed by atoms with Crippen LogP contribution < -0.4 is 0 Å². The van der Waals surface area contributed by atoms with E-state index in [-0.39, 0.29) is 19.5 Å². The van der Waals surface area contributed by atoms with Gasteiger partial charge in [-0.2, -0.15) is 0 Å². The molecule has 0 aliphatic carbocycles. The fourth-order valence-electron chi connectivity index (χ4n) is 1.39. The summed E-state index contributed by atoms with van der Waals surface area (Å²) in [7, 11) is 0. The van der Waals surface area contributed by atoms with E-state index in [0.717, 1.165) is 0 Å². The summed E-state index contributed by atoms with van der Waals surface area (Å²) in [6.07, 6.45) is 0. The van der Waals surface area contributed by atoms with Gasteiger partial charge in [0.25, 0.3) is 0 Å². The van der Waals surface area contributed by atoms with E-state index in [9.17, 15) is 0 Å². The Bertz CT molecular complexity index is 374. The molecule has 0 spiro atoms. The van der Waals surface area contributed by atoms with Crippen molar-refractivity contribution in [3.63, 3.8) is 0 Å². The van der Waals surface area contributed by atoms with E-state index in [4.69, 9.17) is 0 Å². The number of aryl methyl sites for hydroxylation is 1. The molecule has 2 aromatic rings. The number of benzene rings is 2. The SMILES string of the molecule is Cc1cccc2ccccc12.[Zn]. The van der Waals surface area contributed by atoms with Gasteiger partial charge in [0, 0.05) is 19.5 Å². The molecule has 0 aliphatic rings. The molecule has 2 aromatic carbocycles. The summed E-state index contributed by atoms with van der Waals surface area (Å²) in [5, 5.41) is 2.68. The minimum Gasteiger partial charge on any atom is -0.0616 e. The second kappa shape index (κ2) is 3.82. The molecule has 0 amide bonds.